The summed E-state index contributed by atoms with van der Waals surface area (Å²) >= 11 is 11.6. The number of rotatable bonds is 2. The van der Waals surface area contributed by atoms with E-state index in [1.807, 2.05) is 0 Å². The predicted octanol–water partition coefficient (Wildman–Crippen LogP) is 4.71. The smallest absolute Gasteiger partial charge is 0.258 e. The van der Waals surface area contributed by atoms with Crippen LogP contribution in [0.5, 0.6) is 0 Å². The standard InChI is InChI=1S/C12H6Cl2FNO2/c13-10-3-1-7(5-11(10)14)9-6-8(16(17)18)2-4-12(9)15/h1-6H. The summed E-state index contributed by atoms with van der Waals surface area (Å²) in [5.74, 6) is -0.556. The van der Waals surface area contributed by atoms with E-state index in [1.54, 1.807) is 6.07 Å². The van der Waals surface area contributed by atoms with E-state index in [-0.39, 0.29) is 16.3 Å². The molecule has 3 nitrogen and oxygen atoms in total. The van der Waals surface area contributed by atoms with E-state index in [9.17, 15) is 14.5 Å². The molecule has 2 aromatic rings. The third kappa shape index (κ3) is 2.44. The molecule has 0 amide bonds. The maximum absolute atomic E-state index is 13.7. The van der Waals surface area contributed by atoms with E-state index < -0.39 is 10.7 Å². The van der Waals surface area contributed by atoms with Gasteiger partial charge in [0.25, 0.3) is 5.69 Å². The van der Waals surface area contributed by atoms with Gasteiger partial charge in [0.05, 0.1) is 15.0 Å². The van der Waals surface area contributed by atoms with E-state index >= 15 is 0 Å². The van der Waals surface area contributed by atoms with Gasteiger partial charge in [-0.1, -0.05) is 29.3 Å². The molecule has 2 aromatic carbocycles. The topological polar surface area (TPSA) is 43.1 Å². The van der Waals surface area contributed by atoms with Crippen LogP contribution in [0, 0.1) is 15.9 Å². The minimum Gasteiger partial charge on any atom is -0.258 e. The highest BCUT2D eigenvalue weighted by molar-refractivity contribution is 6.42. The molecule has 0 bridgehead atoms. The van der Waals surface area contributed by atoms with E-state index in [2.05, 4.69) is 0 Å². The highest BCUT2D eigenvalue weighted by atomic mass is 35.5. The molecule has 6 heteroatoms. The van der Waals surface area contributed by atoms with Crippen molar-refractivity contribution in [1.29, 1.82) is 0 Å². The van der Waals surface area contributed by atoms with Crippen LogP contribution in [-0.2, 0) is 0 Å². The zero-order valence-electron chi connectivity index (χ0n) is 8.86. The molecule has 0 spiro atoms. The van der Waals surface area contributed by atoms with Crippen molar-refractivity contribution >= 4 is 28.9 Å². The van der Waals surface area contributed by atoms with Crippen LogP contribution in [0.3, 0.4) is 0 Å². The van der Waals surface area contributed by atoms with Crippen LogP contribution in [0.1, 0.15) is 0 Å². The summed E-state index contributed by atoms with van der Waals surface area (Å²) in [5, 5.41) is 11.3. The Hall–Kier alpha value is -1.65. The summed E-state index contributed by atoms with van der Waals surface area (Å²) in [7, 11) is 0. The predicted molar refractivity (Wildman–Crippen MR) is 68.5 cm³/mol. The molecule has 2 rings (SSSR count). The Labute approximate surface area is 112 Å². The maximum Gasteiger partial charge on any atom is 0.270 e. The van der Waals surface area contributed by atoms with Crippen molar-refractivity contribution in [3.05, 3.63) is 62.4 Å². The van der Waals surface area contributed by atoms with E-state index in [0.717, 1.165) is 18.2 Å². The number of nitrogens with zero attached hydrogens (tertiary/aromatic N) is 1. The van der Waals surface area contributed by atoms with Gasteiger partial charge in [-0.2, -0.15) is 0 Å². The van der Waals surface area contributed by atoms with Crippen LogP contribution < -0.4 is 0 Å². The van der Waals surface area contributed by atoms with Gasteiger partial charge in [-0.15, -0.1) is 0 Å². The molecule has 0 aromatic heterocycles. The first-order valence-corrected chi connectivity index (χ1v) is 5.64. The summed E-state index contributed by atoms with van der Waals surface area (Å²) in [6.45, 7) is 0. The van der Waals surface area contributed by atoms with Crippen LogP contribution >= 0.6 is 23.2 Å². The number of benzene rings is 2. The first-order chi connectivity index (χ1) is 8.49. The van der Waals surface area contributed by atoms with Crippen molar-refractivity contribution in [3.8, 4) is 11.1 Å². The molecule has 0 unspecified atom stereocenters. The Morgan fingerprint density at radius 2 is 1.78 bits per heavy atom. The Morgan fingerprint density at radius 1 is 1.06 bits per heavy atom. The lowest BCUT2D eigenvalue weighted by molar-refractivity contribution is -0.384. The van der Waals surface area contributed by atoms with E-state index in [4.69, 9.17) is 23.2 Å². The third-order valence-corrected chi connectivity index (χ3v) is 3.13. The maximum atomic E-state index is 13.7. The molecule has 0 fully saturated rings. The van der Waals surface area contributed by atoms with Gasteiger partial charge in [-0.05, 0) is 23.8 Å². The van der Waals surface area contributed by atoms with Crippen molar-refractivity contribution in [2.45, 2.75) is 0 Å². The number of hydrogen-bond donors (Lipinski definition) is 0. The Balaban J connectivity index is 2.58. The fraction of sp³-hybridized carbons (Fsp3) is 0. The van der Waals surface area contributed by atoms with E-state index in [1.165, 1.54) is 12.1 Å². The summed E-state index contributed by atoms with van der Waals surface area (Å²) in [4.78, 5) is 10.1. The fourth-order valence-electron chi connectivity index (χ4n) is 1.51. The quantitative estimate of drug-likeness (QED) is 0.592. The average Bonchev–Trinajstić information content (AvgIpc) is 2.33. The van der Waals surface area contributed by atoms with Crippen LogP contribution in [0.4, 0.5) is 10.1 Å². The molecule has 0 saturated heterocycles. The van der Waals surface area contributed by atoms with Crippen LogP contribution in [0.25, 0.3) is 11.1 Å². The molecule has 0 N–H and O–H groups in total. The summed E-state index contributed by atoms with van der Waals surface area (Å²) in [6.07, 6.45) is 0. The average molecular weight is 286 g/mol. The lowest BCUT2D eigenvalue weighted by Gasteiger charge is -2.05. The second-order valence-electron chi connectivity index (χ2n) is 3.55. The van der Waals surface area contributed by atoms with Gasteiger partial charge in [0.2, 0.25) is 0 Å². The monoisotopic (exact) mass is 285 g/mol. The summed E-state index contributed by atoms with van der Waals surface area (Å²) in [5.41, 5.74) is 0.367. The van der Waals surface area contributed by atoms with Gasteiger partial charge in [0.15, 0.2) is 0 Å². The van der Waals surface area contributed by atoms with Crippen molar-refractivity contribution in [1.82, 2.24) is 0 Å². The Kier molecular flexibility index (Phi) is 3.50. The van der Waals surface area contributed by atoms with Gasteiger partial charge in [-0.3, -0.25) is 10.1 Å². The third-order valence-electron chi connectivity index (χ3n) is 2.39. The normalized spacial score (nSPS) is 10.4. The largest absolute Gasteiger partial charge is 0.270 e. The molecule has 0 heterocycles. The second kappa shape index (κ2) is 4.92. The highest BCUT2D eigenvalue weighted by Crippen LogP contribution is 2.31. The Bertz CT molecular complexity index is 631. The molecular formula is C12H6Cl2FNO2. The lowest BCUT2D eigenvalue weighted by Crippen LogP contribution is -1.91. The molecule has 0 atom stereocenters. The van der Waals surface area contributed by atoms with Crippen LogP contribution in [0.15, 0.2) is 36.4 Å². The fourth-order valence-corrected chi connectivity index (χ4v) is 1.81. The minimum absolute atomic E-state index is 0.114. The molecule has 18 heavy (non-hydrogen) atoms. The molecule has 0 aliphatic carbocycles. The van der Waals surface area contributed by atoms with Crippen molar-refractivity contribution < 1.29 is 9.31 Å². The number of hydrogen-bond acceptors (Lipinski definition) is 2. The van der Waals surface area contributed by atoms with Crippen LogP contribution in [0.2, 0.25) is 10.0 Å². The lowest BCUT2D eigenvalue weighted by atomic mass is 10.0. The number of non-ortho nitro benzene ring substituents is 1. The van der Waals surface area contributed by atoms with Crippen LogP contribution in [-0.4, -0.2) is 4.92 Å². The molecule has 92 valence electrons. The van der Waals surface area contributed by atoms with Crippen molar-refractivity contribution in [2.75, 3.05) is 0 Å². The molecule has 0 radical (unpaired) electrons. The minimum atomic E-state index is -0.583. The molecule has 0 aliphatic rings. The molecular weight excluding hydrogens is 280 g/mol. The first kappa shape index (κ1) is 12.8. The van der Waals surface area contributed by atoms with Gasteiger partial charge >= 0.3 is 0 Å². The van der Waals surface area contributed by atoms with Crippen molar-refractivity contribution in [2.24, 2.45) is 0 Å². The number of halogens is 3. The first-order valence-electron chi connectivity index (χ1n) is 4.88. The summed E-state index contributed by atoms with van der Waals surface area (Å²) in [6, 6.07) is 7.85. The summed E-state index contributed by atoms with van der Waals surface area (Å²) < 4.78 is 13.7. The molecule has 0 saturated carbocycles. The van der Waals surface area contributed by atoms with Gasteiger partial charge in [0.1, 0.15) is 5.82 Å². The van der Waals surface area contributed by atoms with Gasteiger partial charge in [-0.25, -0.2) is 4.39 Å². The van der Waals surface area contributed by atoms with Gasteiger partial charge in [0, 0.05) is 17.7 Å². The highest BCUT2D eigenvalue weighted by Gasteiger charge is 2.13. The molecule has 0 aliphatic heterocycles. The van der Waals surface area contributed by atoms with Gasteiger partial charge < -0.3 is 0 Å². The SMILES string of the molecule is O=[N+]([O-])c1ccc(F)c(-c2ccc(Cl)c(Cl)c2)c1. The Morgan fingerprint density at radius 3 is 2.39 bits per heavy atom. The second-order valence-corrected chi connectivity index (χ2v) is 4.36. The number of nitro benzene ring substituents is 1. The van der Waals surface area contributed by atoms with Crippen molar-refractivity contribution in [3.63, 3.8) is 0 Å². The zero-order chi connectivity index (χ0) is 13.3. The zero-order valence-corrected chi connectivity index (χ0v) is 10.4. The van der Waals surface area contributed by atoms with E-state index in [0.29, 0.717) is 10.6 Å². The number of nitro groups is 1.